The van der Waals surface area contributed by atoms with Crippen LogP contribution in [0.1, 0.15) is 35.1 Å². The first-order chi connectivity index (χ1) is 13.9. The Hall–Kier alpha value is -3.32. The zero-order valence-corrected chi connectivity index (χ0v) is 15.8. The first-order valence-corrected chi connectivity index (χ1v) is 9.99. The molecule has 2 aromatic carbocycles. The maximum Gasteiger partial charge on any atom is 0.157 e. The lowest BCUT2D eigenvalue weighted by Gasteiger charge is -2.23. The van der Waals surface area contributed by atoms with E-state index in [0.29, 0.717) is 0 Å². The van der Waals surface area contributed by atoms with Gasteiger partial charge in [0, 0.05) is 6.54 Å². The molecule has 2 heterocycles. The number of para-hydroxylation sites is 2. The summed E-state index contributed by atoms with van der Waals surface area (Å²) in [7, 11) is 0. The summed E-state index contributed by atoms with van der Waals surface area (Å²) in [4.78, 5) is 4.82. The molecule has 4 nitrogen and oxygen atoms in total. The van der Waals surface area contributed by atoms with Gasteiger partial charge in [-0.1, -0.05) is 42.5 Å². The molecule has 138 valence electrons. The second-order valence-electron chi connectivity index (χ2n) is 7.42. The Morgan fingerprint density at radius 2 is 1.71 bits per heavy atom. The van der Waals surface area contributed by atoms with Gasteiger partial charge in [-0.05, 0) is 60.9 Å². The van der Waals surface area contributed by atoms with Crippen LogP contribution in [0.25, 0.3) is 16.7 Å². The molecule has 4 aromatic rings. The molecule has 0 radical (unpaired) electrons. The van der Waals surface area contributed by atoms with Gasteiger partial charge < -0.3 is 5.32 Å². The summed E-state index contributed by atoms with van der Waals surface area (Å²) < 4.78 is 2.17. The highest BCUT2D eigenvalue weighted by molar-refractivity contribution is 5.86. The van der Waals surface area contributed by atoms with Crippen LogP contribution in [0.3, 0.4) is 0 Å². The molecular weight excluding hydrogens is 344 g/mol. The Balaban J connectivity index is 1.66. The maximum absolute atomic E-state index is 9.91. The fourth-order valence-electron chi connectivity index (χ4n) is 4.41. The van der Waals surface area contributed by atoms with Crippen LogP contribution < -0.4 is 5.32 Å². The minimum absolute atomic E-state index is 0.750. The highest BCUT2D eigenvalue weighted by atomic mass is 15.1. The largest absolute Gasteiger partial charge is 0.371 e. The monoisotopic (exact) mass is 366 g/mol. The van der Waals surface area contributed by atoms with Crippen LogP contribution >= 0.6 is 0 Å². The number of aromatic nitrogens is 2. The molecule has 1 aliphatic carbocycles. The van der Waals surface area contributed by atoms with Crippen molar-refractivity contribution in [2.24, 2.45) is 0 Å². The number of nitrogens with one attached hydrogen (secondary N) is 1. The third-order valence-corrected chi connectivity index (χ3v) is 5.72. The van der Waals surface area contributed by atoms with Gasteiger partial charge in [-0.3, -0.25) is 4.40 Å². The smallest absolute Gasteiger partial charge is 0.157 e. The number of rotatable bonds is 4. The van der Waals surface area contributed by atoms with Gasteiger partial charge in [0.2, 0.25) is 0 Å². The average Bonchev–Trinajstić information content (AvgIpc) is 3.13. The molecule has 2 aromatic heterocycles. The minimum Gasteiger partial charge on any atom is -0.371 e. The predicted molar refractivity (Wildman–Crippen MR) is 113 cm³/mol. The lowest BCUT2D eigenvalue weighted by Crippen LogP contribution is -2.16. The minimum atomic E-state index is 0.750. The van der Waals surface area contributed by atoms with E-state index in [4.69, 9.17) is 4.98 Å². The highest BCUT2D eigenvalue weighted by Gasteiger charge is 2.24. The molecular formula is C24H22N4. The quantitative estimate of drug-likeness (QED) is 0.559. The van der Waals surface area contributed by atoms with Gasteiger partial charge in [-0.2, -0.15) is 5.26 Å². The van der Waals surface area contributed by atoms with Crippen molar-refractivity contribution in [1.29, 1.82) is 5.26 Å². The highest BCUT2D eigenvalue weighted by Crippen LogP contribution is 2.35. The molecule has 0 saturated heterocycles. The number of anilines is 1. The van der Waals surface area contributed by atoms with E-state index in [1.165, 1.54) is 23.1 Å². The van der Waals surface area contributed by atoms with Crippen molar-refractivity contribution in [1.82, 2.24) is 9.38 Å². The van der Waals surface area contributed by atoms with E-state index in [2.05, 4.69) is 52.2 Å². The van der Waals surface area contributed by atoms with Crippen LogP contribution in [0.2, 0.25) is 0 Å². The standard InChI is InChI=1S/C24H22N4/c25-16-20-18-10-4-5-11-19(18)23(26-15-14-17-8-2-1-3-9-17)28-22-13-7-6-12-21(22)27-24(20)28/h1-3,6-9,12-13,26H,4-5,10-11,14-15H2. The SMILES string of the molecule is N#Cc1c2c(c(NCCc3ccccc3)n3c1nc1ccccc13)CCCC2. The van der Waals surface area contributed by atoms with Crippen LogP contribution in [-0.2, 0) is 19.3 Å². The molecule has 1 aliphatic rings. The van der Waals surface area contributed by atoms with Crippen molar-refractivity contribution in [2.75, 3.05) is 11.9 Å². The van der Waals surface area contributed by atoms with E-state index in [-0.39, 0.29) is 0 Å². The summed E-state index contributed by atoms with van der Waals surface area (Å²) in [6.45, 7) is 0.851. The maximum atomic E-state index is 9.91. The van der Waals surface area contributed by atoms with E-state index >= 15 is 0 Å². The number of pyridine rings is 1. The number of imidazole rings is 1. The molecule has 28 heavy (non-hydrogen) atoms. The van der Waals surface area contributed by atoms with Crippen molar-refractivity contribution in [3.8, 4) is 6.07 Å². The van der Waals surface area contributed by atoms with Gasteiger partial charge in [0.25, 0.3) is 0 Å². The van der Waals surface area contributed by atoms with Crippen LogP contribution in [0.4, 0.5) is 5.82 Å². The molecule has 0 spiro atoms. The number of benzene rings is 2. The van der Waals surface area contributed by atoms with E-state index < -0.39 is 0 Å². The summed E-state index contributed by atoms with van der Waals surface area (Å²) in [6.07, 6.45) is 5.25. The lowest BCUT2D eigenvalue weighted by atomic mass is 9.89. The molecule has 4 heteroatoms. The molecule has 0 atom stereocenters. The number of nitrogens with zero attached hydrogens (tertiary/aromatic N) is 3. The molecule has 0 amide bonds. The fraction of sp³-hybridized carbons (Fsp3) is 0.250. The summed E-state index contributed by atoms with van der Waals surface area (Å²) in [5.41, 5.74) is 7.35. The lowest BCUT2D eigenvalue weighted by molar-refractivity contribution is 0.681. The van der Waals surface area contributed by atoms with Crippen LogP contribution in [0.15, 0.2) is 54.6 Å². The average molecular weight is 366 g/mol. The number of nitriles is 1. The zero-order chi connectivity index (χ0) is 18.9. The van der Waals surface area contributed by atoms with Crippen LogP contribution in [0.5, 0.6) is 0 Å². The first kappa shape index (κ1) is 16.8. The normalized spacial score (nSPS) is 13.4. The molecule has 0 saturated carbocycles. The van der Waals surface area contributed by atoms with Crippen molar-refractivity contribution in [3.05, 3.63) is 76.9 Å². The van der Waals surface area contributed by atoms with Gasteiger partial charge >= 0.3 is 0 Å². The van der Waals surface area contributed by atoms with Crippen molar-refractivity contribution < 1.29 is 0 Å². The second kappa shape index (κ2) is 7.01. The van der Waals surface area contributed by atoms with Gasteiger partial charge in [0.05, 0.1) is 16.6 Å². The molecule has 5 rings (SSSR count). The van der Waals surface area contributed by atoms with E-state index in [1.807, 2.05) is 18.2 Å². The number of hydrogen-bond acceptors (Lipinski definition) is 3. The molecule has 0 unspecified atom stereocenters. The van der Waals surface area contributed by atoms with E-state index in [0.717, 1.165) is 60.3 Å². The van der Waals surface area contributed by atoms with Crippen molar-refractivity contribution in [3.63, 3.8) is 0 Å². The van der Waals surface area contributed by atoms with Crippen LogP contribution in [-0.4, -0.2) is 15.9 Å². The fourth-order valence-corrected chi connectivity index (χ4v) is 4.41. The second-order valence-corrected chi connectivity index (χ2v) is 7.42. The van der Waals surface area contributed by atoms with E-state index in [1.54, 1.807) is 0 Å². The van der Waals surface area contributed by atoms with Gasteiger partial charge in [-0.15, -0.1) is 0 Å². The van der Waals surface area contributed by atoms with Crippen molar-refractivity contribution >= 4 is 22.5 Å². The Morgan fingerprint density at radius 1 is 0.964 bits per heavy atom. The summed E-state index contributed by atoms with van der Waals surface area (Å²) in [5.74, 6) is 1.12. The Labute approximate surface area is 164 Å². The summed E-state index contributed by atoms with van der Waals surface area (Å²) in [5, 5.41) is 13.6. The first-order valence-electron chi connectivity index (χ1n) is 9.99. The summed E-state index contributed by atoms with van der Waals surface area (Å²) >= 11 is 0. The molecule has 0 fully saturated rings. The summed E-state index contributed by atoms with van der Waals surface area (Å²) in [6, 6.07) is 21.2. The molecule has 1 N–H and O–H groups in total. The van der Waals surface area contributed by atoms with Crippen LogP contribution in [0, 0.1) is 11.3 Å². The number of hydrogen-bond donors (Lipinski definition) is 1. The van der Waals surface area contributed by atoms with E-state index in [9.17, 15) is 5.26 Å². The van der Waals surface area contributed by atoms with Gasteiger partial charge in [-0.25, -0.2) is 4.98 Å². The third-order valence-electron chi connectivity index (χ3n) is 5.72. The predicted octanol–water partition coefficient (Wildman–Crippen LogP) is 4.89. The Bertz CT molecular complexity index is 1200. The number of fused-ring (bicyclic) bond motifs is 4. The zero-order valence-electron chi connectivity index (χ0n) is 15.8. The molecule has 0 bridgehead atoms. The topological polar surface area (TPSA) is 53.1 Å². The third kappa shape index (κ3) is 2.71. The van der Waals surface area contributed by atoms with Crippen molar-refractivity contribution in [2.45, 2.75) is 32.1 Å². The Kier molecular flexibility index (Phi) is 4.21. The van der Waals surface area contributed by atoms with Gasteiger partial charge in [0.1, 0.15) is 11.9 Å². The van der Waals surface area contributed by atoms with Gasteiger partial charge in [0.15, 0.2) is 5.65 Å². The Morgan fingerprint density at radius 3 is 2.54 bits per heavy atom. The molecule has 0 aliphatic heterocycles.